The number of anilines is 3. The first-order chi connectivity index (χ1) is 32.8. The summed E-state index contributed by atoms with van der Waals surface area (Å²) in [4.78, 5) is 67.6. The standard InChI is InChI=1S/C49H50F3N9O6S/c50-34-13-16-60(27-34)68(66,67)56-41-8-7-40(51)44(45(41)52)46(63)39-20-54-47-38(39)18-30(19-53-47)29-1-3-35(4-2-29)58-14-11-28(12-15-58)21-57-22-32-24-59(25-33(32)23-57)36-5-6-37-31(17-36)26-61(49(37)65)42-9-10-43(62)55-48(42)64/h1-8,17-20,28,32-34,42,56H,9-16,21-27H2,(H,53,54)(H,55,62,64)/t32-,33+,34-,42+/m1/s1. The van der Waals surface area contributed by atoms with Crippen LogP contribution in [0.25, 0.3) is 22.2 Å². The van der Waals surface area contributed by atoms with Crippen LogP contribution in [-0.2, 0) is 26.3 Å². The van der Waals surface area contributed by atoms with Gasteiger partial charge in [-0.15, -0.1) is 0 Å². The first kappa shape index (κ1) is 44.2. The number of piperidine rings is 2. The Morgan fingerprint density at radius 2 is 1.57 bits per heavy atom. The van der Waals surface area contributed by atoms with Crippen molar-refractivity contribution in [1.82, 2.24) is 29.4 Å². The lowest BCUT2D eigenvalue weighted by Crippen LogP contribution is -2.52. The molecule has 0 unspecified atom stereocenters. The molecule has 19 heteroatoms. The summed E-state index contributed by atoms with van der Waals surface area (Å²) >= 11 is 0. The van der Waals surface area contributed by atoms with Crippen molar-refractivity contribution in [3.8, 4) is 11.1 Å². The number of amides is 3. The van der Waals surface area contributed by atoms with Gasteiger partial charge >= 0.3 is 10.2 Å². The maximum atomic E-state index is 15.8. The molecule has 3 amide bonds. The van der Waals surface area contributed by atoms with E-state index in [1.807, 2.05) is 29.0 Å². The van der Waals surface area contributed by atoms with Crippen LogP contribution in [0.3, 0.4) is 0 Å². The van der Waals surface area contributed by atoms with Gasteiger partial charge in [-0.2, -0.15) is 12.7 Å². The average Bonchev–Trinajstić information content (AvgIpc) is 4.17. The Labute approximate surface area is 390 Å². The zero-order valence-electron chi connectivity index (χ0n) is 37.1. The highest BCUT2D eigenvalue weighted by molar-refractivity contribution is 7.90. The number of carbonyl (C=O) groups is 4. The second-order valence-electron chi connectivity index (χ2n) is 19.1. The number of aromatic amines is 1. The number of alkyl halides is 1. The maximum absolute atomic E-state index is 15.8. The highest BCUT2D eigenvalue weighted by Crippen LogP contribution is 2.38. The van der Waals surface area contributed by atoms with Gasteiger partial charge in [0.1, 0.15) is 23.7 Å². The van der Waals surface area contributed by atoms with Gasteiger partial charge in [-0.25, -0.2) is 18.2 Å². The van der Waals surface area contributed by atoms with E-state index in [1.54, 1.807) is 17.2 Å². The van der Waals surface area contributed by atoms with Crippen molar-refractivity contribution in [3.63, 3.8) is 0 Å². The summed E-state index contributed by atoms with van der Waals surface area (Å²) in [6.07, 6.45) is 4.39. The quantitative estimate of drug-likeness (QED) is 0.114. The fourth-order valence-electron chi connectivity index (χ4n) is 11.2. The monoisotopic (exact) mass is 949 g/mol. The number of halogens is 3. The summed E-state index contributed by atoms with van der Waals surface area (Å²) in [6.45, 7) is 6.95. The molecule has 0 saturated carbocycles. The Morgan fingerprint density at radius 3 is 2.29 bits per heavy atom. The molecule has 15 nitrogen and oxygen atoms in total. The van der Waals surface area contributed by atoms with Crippen molar-refractivity contribution in [2.75, 3.05) is 73.4 Å². The Morgan fingerprint density at radius 1 is 0.824 bits per heavy atom. The number of fused-ring (bicyclic) bond motifs is 3. The average molecular weight is 950 g/mol. The predicted molar refractivity (Wildman–Crippen MR) is 248 cm³/mol. The number of hydrogen-bond donors (Lipinski definition) is 3. The van der Waals surface area contributed by atoms with Crippen molar-refractivity contribution in [2.24, 2.45) is 17.8 Å². The number of nitrogens with zero attached hydrogens (tertiary/aromatic N) is 6. The number of H-pyrrole nitrogens is 1. The van der Waals surface area contributed by atoms with Crippen molar-refractivity contribution in [2.45, 2.75) is 50.9 Å². The van der Waals surface area contributed by atoms with E-state index >= 15 is 8.78 Å². The summed E-state index contributed by atoms with van der Waals surface area (Å²) in [6, 6.07) is 17.0. The molecule has 4 atom stereocenters. The minimum absolute atomic E-state index is 0.00535. The molecule has 5 fully saturated rings. The molecule has 11 rings (SSSR count). The fourth-order valence-corrected chi connectivity index (χ4v) is 12.5. The molecule has 0 aliphatic carbocycles. The lowest BCUT2D eigenvalue weighted by molar-refractivity contribution is -0.136. The summed E-state index contributed by atoms with van der Waals surface area (Å²) in [5.74, 6) is -2.62. The predicted octanol–water partition coefficient (Wildman–Crippen LogP) is 5.49. The van der Waals surface area contributed by atoms with Gasteiger partial charge in [0, 0.05) is 118 Å². The number of rotatable bonds is 11. The van der Waals surface area contributed by atoms with Crippen molar-refractivity contribution < 1.29 is 40.8 Å². The van der Waals surface area contributed by atoms with Crippen LogP contribution in [0.4, 0.5) is 30.2 Å². The van der Waals surface area contributed by atoms with Gasteiger partial charge < -0.3 is 24.6 Å². The molecular formula is C49H50F3N9O6S. The fraction of sp³-hybridized carbons (Fsp3) is 0.408. The smallest absolute Gasteiger partial charge is 0.301 e. The van der Waals surface area contributed by atoms with Crippen LogP contribution in [0.1, 0.15) is 63.9 Å². The van der Waals surface area contributed by atoms with Crippen LogP contribution in [0.5, 0.6) is 0 Å². The van der Waals surface area contributed by atoms with E-state index in [1.165, 1.54) is 6.20 Å². The number of nitrogens with one attached hydrogen (secondary N) is 3. The Bertz CT molecular complexity index is 2970. The molecular weight excluding hydrogens is 900 g/mol. The number of benzene rings is 3. The van der Waals surface area contributed by atoms with E-state index in [0.29, 0.717) is 52.9 Å². The summed E-state index contributed by atoms with van der Waals surface area (Å²) in [5, 5.41) is 2.71. The molecule has 6 aliphatic heterocycles. The van der Waals surface area contributed by atoms with Crippen LogP contribution in [0, 0.1) is 29.4 Å². The molecule has 0 bridgehead atoms. The molecule has 3 N–H and O–H groups in total. The first-order valence-electron chi connectivity index (χ1n) is 23.3. The Balaban J connectivity index is 0.680. The molecule has 68 heavy (non-hydrogen) atoms. The highest BCUT2D eigenvalue weighted by Gasteiger charge is 2.43. The van der Waals surface area contributed by atoms with Crippen LogP contribution in [0.2, 0.25) is 0 Å². The van der Waals surface area contributed by atoms with E-state index in [9.17, 15) is 32.0 Å². The minimum atomic E-state index is -4.35. The highest BCUT2D eigenvalue weighted by atomic mass is 32.2. The third-order valence-corrected chi connectivity index (χ3v) is 16.4. The molecule has 0 radical (unpaired) electrons. The van der Waals surface area contributed by atoms with Gasteiger partial charge in [-0.05, 0) is 103 Å². The number of pyridine rings is 1. The molecule has 6 aliphatic rings. The van der Waals surface area contributed by atoms with Crippen LogP contribution in [0.15, 0.2) is 73.1 Å². The Hall–Kier alpha value is -6.31. The third kappa shape index (κ3) is 8.16. The van der Waals surface area contributed by atoms with Crippen molar-refractivity contribution >= 4 is 61.8 Å². The Kier molecular flexibility index (Phi) is 11.3. The van der Waals surface area contributed by atoms with Gasteiger partial charge in [0.25, 0.3) is 5.91 Å². The van der Waals surface area contributed by atoms with E-state index in [4.69, 9.17) is 0 Å². The second-order valence-corrected chi connectivity index (χ2v) is 20.8. The topological polar surface area (TPSA) is 171 Å². The third-order valence-electron chi connectivity index (χ3n) is 14.9. The SMILES string of the molecule is O=C1CC[C@H](N2Cc3cc(N4C[C@H]5CN(CC6CCN(c7ccc(-c8cnc9[nH]cc(C(=O)c%10c(F)ccc(NS(=O)(=O)N%11CC[C@@H](F)C%11)c%10F)c9c8)cc7)CC6)C[C@H]5C4)ccc3C2=O)C(=O)N1. The van der Waals surface area contributed by atoms with Gasteiger partial charge in [0.2, 0.25) is 17.6 Å². The van der Waals surface area contributed by atoms with Gasteiger partial charge in [0.05, 0.1) is 11.3 Å². The number of imide groups is 1. The first-order valence-corrected chi connectivity index (χ1v) is 24.7. The summed E-state index contributed by atoms with van der Waals surface area (Å²) in [7, 11) is -4.35. The molecule has 8 heterocycles. The lowest BCUT2D eigenvalue weighted by Gasteiger charge is -2.35. The van der Waals surface area contributed by atoms with E-state index in [-0.39, 0.29) is 43.3 Å². The van der Waals surface area contributed by atoms with Crippen LogP contribution >= 0.6 is 0 Å². The summed E-state index contributed by atoms with van der Waals surface area (Å²) in [5.41, 5.74) is 4.05. The number of ketones is 1. The molecule has 2 aromatic heterocycles. The van der Waals surface area contributed by atoms with Crippen LogP contribution < -0.4 is 19.8 Å². The molecule has 5 aromatic rings. The van der Waals surface area contributed by atoms with E-state index in [0.717, 1.165) is 97.6 Å². The molecule has 5 saturated heterocycles. The zero-order chi connectivity index (χ0) is 47.0. The molecule has 354 valence electrons. The van der Waals surface area contributed by atoms with Gasteiger partial charge in [-0.3, -0.25) is 29.2 Å². The maximum Gasteiger partial charge on any atom is 0.301 e. The second kappa shape index (κ2) is 17.3. The molecule has 3 aromatic carbocycles. The minimum Gasteiger partial charge on any atom is -0.372 e. The van der Waals surface area contributed by atoms with Gasteiger partial charge in [0.15, 0.2) is 5.82 Å². The largest absolute Gasteiger partial charge is 0.372 e. The van der Waals surface area contributed by atoms with Crippen LogP contribution in [-0.4, -0.2) is 127 Å². The number of hydrogen-bond acceptors (Lipinski definition) is 10. The van der Waals surface area contributed by atoms with E-state index in [2.05, 4.69) is 48.2 Å². The van der Waals surface area contributed by atoms with Crippen molar-refractivity contribution in [3.05, 3.63) is 107 Å². The normalized spacial score (nSPS) is 23.8. The number of carbonyl (C=O) groups excluding carboxylic acids is 4. The molecule has 0 spiro atoms. The zero-order valence-corrected chi connectivity index (χ0v) is 37.9. The van der Waals surface area contributed by atoms with Gasteiger partial charge in [-0.1, -0.05) is 12.1 Å². The summed E-state index contributed by atoms with van der Waals surface area (Å²) < 4.78 is 73.2. The van der Waals surface area contributed by atoms with Crippen molar-refractivity contribution in [1.29, 1.82) is 0 Å². The number of likely N-dealkylation sites (tertiary alicyclic amines) is 1. The number of aromatic nitrogens is 2. The lowest BCUT2D eigenvalue weighted by atomic mass is 9.95. The van der Waals surface area contributed by atoms with E-state index < -0.39 is 57.0 Å².